The number of aryl methyl sites for hydroxylation is 1. The van der Waals surface area contributed by atoms with Crippen LogP contribution in [0.15, 0.2) is 35.3 Å². The Morgan fingerprint density at radius 3 is 2.29 bits per heavy atom. The van der Waals surface area contributed by atoms with Crippen LogP contribution in [-0.4, -0.2) is 54.6 Å². The minimum atomic E-state index is -4.91. The van der Waals surface area contributed by atoms with E-state index in [-0.39, 0.29) is 48.4 Å². The molecule has 3 aromatic rings. The number of carbonyl (C=O) groups is 1. The average Bonchev–Trinajstić information content (AvgIpc) is 2.91. The van der Waals surface area contributed by atoms with Gasteiger partial charge in [0, 0.05) is 19.6 Å². The van der Waals surface area contributed by atoms with Gasteiger partial charge in [-0.05, 0) is 48.1 Å². The molecule has 2 N–H and O–H groups in total. The normalized spacial score (nSPS) is 19.0. The average molecular weight is 650 g/mol. The molecule has 0 spiro atoms. The van der Waals surface area contributed by atoms with Gasteiger partial charge in [-0.3, -0.25) is 4.79 Å². The van der Waals surface area contributed by atoms with Crippen molar-refractivity contribution < 1.29 is 54.8 Å². The van der Waals surface area contributed by atoms with E-state index in [1.807, 2.05) is 0 Å². The number of hydrogen-bond acceptors (Lipinski definition) is 7. The van der Waals surface area contributed by atoms with Gasteiger partial charge in [0.05, 0.1) is 30.3 Å². The van der Waals surface area contributed by atoms with Crippen LogP contribution in [0, 0.1) is 24.6 Å². The number of halogens is 7. The first-order valence-corrected chi connectivity index (χ1v) is 13.6. The summed E-state index contributed by atoms with van der Waals surface area (Å²) in [7, 11) is 1.12. The Labute approximate surface area is 252 Å². The van der Waals surface area contributed by atoms with Gasteiger partial charge in [0.2, 0.25) is 5.43 Å². The molecule has 1 amide bonds. The maximum absolute atomic E-state index is 15.7. The summed E-state index contributed by atoms with van der Waals surface area (Å²) in [5.74, 6) is -3.26. The van der Waals surface area contributed by atoms with Crippen molar-refractivity contribution in [1.82, 2.24) is 9.88 Å². The monoisotopic (exact) mass is 649 g/mol. The van der Waals surface area contributed by atoms with E-state index in [0.29, 0.717) is 21.9 Å². The quantitative estimate of drug-likeness (QED) is 0.319. The van der Waals surface area contributed by atoms with Crippen LogP contribution in [0.5, 0.6) is 17.2 Å². The lowest BCUT2D eigenvalue weighted by molar-refractivity contribution is -0.274. The molecule has 2 aromatic carbocycles. The molecule has 2 heterocycles. The van der Waals surface area contributed by atoms with Crippen LogP contribution >= 0.6 is 0 Å². The number of alkyl halides is 6. The summed E-state index contributed by atoms with van der Waals surface area (Å²) in [5.41, 5.74) is -1.00. The van der Waals surface area contributed by atoms with Crippen molar-refractivity contribution in [3.63, 3.8) is 0 Å². The molecule has 45 heavy (non-hydrogen) atoms. The number of amides is 1. The number of hydrogen-bond donors (Lipinski definition) is 2. The zero-order valence-electron chi connectivity index (χ0n) is 24.5. The summed E-state index contributed by atoms with van der Waals surface area (Å²) in [6.45, 7) is 3.32. The van der Waals surface area contributed by atoms with Gasteiger partial charge in [0.15, 0.2) is 17.3 Å². The van der Waals surface area contributed by atoms with Crippen LogP contribution in [0.2, 0.25) is 0 Å². The van der Waals surface area contributed by atoms with E-state index in [1.54, 1.807) is 18.7 Å². The van der Waals surface area contributed by atoms with E-state index in [0.717, 1.165) is 25.3 Å². The fourth-order valence-electron chi connectivity index (χ4n) is 5.44. The molecule has 2 atom stereocenters. The molecule has 2 unspecified atom stereocenters. The van der Waals surface area contributed by atoms with E-state index in [2.05, 4.69) is 10.1 Å². The van der Waals surface area contributed by atoms with Crippen molar-refractivity contribution >= 4 is 22.7 Å². The summed E-state index contributed by atoms with van der Waals surface area (Å²) >= 11 is 0. The Balaban J connectivity index is 1.69. The first-order valence-electron chi connectivity index (χ1n) is 13.6. The predicted molar refractivity (Wildman–Crippen MR) is 148 cm³/mol. The number of methoxy groups -OCH3 is 1. The predicted octanol–water partition coefficient (Wildman–Crippen LogP) is 5.66. The minimum absolute atomic E-state index is 0.159. The molecule has 0 bridgehead atoms. The number of nitrogens with zero attached hydrogens (tertiary/aromatic N) is 2. The van der Waals surface area contributed by atoms with Crippen LogP contribution in [0.4, 0.5) is 41.2 Å². The first-order chi connectivity index (χ1) is 20.9. The number of rotatable bonds is 7. The van der Waals surface area contributed by atoms with E-state index in [9.17, 15) is 41.0 Å². The fourth-order valence-corrected chi connectivity index (χ4v) is 5.44. The fraction of sp³-hybridized carbons (Fsp3) is 0.448. The van der Waals surface area contributed by atoms with Gasteiger partial charge in [-0.25, -0.2) is 9.18 Å². The lowest BCUT2D eigenvalue weighted by Crippen LogP contribution is -2.47. The second kappa shape index (κ2) is 12.7. The number of anilines is 1. The number of aliphatic hydroxyl groups excluding tert-OH is 1. The van der Waals surface area contributed by atoms with Crippen LogP contribution in [0.3, 0.4) is 0 Å². The molecule has 1 fully saturated rings. The third kappa shape index (κ3) is 7.72. The first kappa shape index (κ1) is 33.7. The number of ether oxygens (including phenoxy) is 3. The zero-order chi connectivity index (χ0) is 33.4. The third-order valence-corrected chi connectivity index (χ3v) is 7.44. The maximum atomic E-state index is 15.7. The summed E-state index contributed by atoms with van der Waals surface area (Å²) in [4.78, 5) is 27.5. The highest BCUT2D eigenvalue weighted by Gasteiger charge is 2.36. The molecular weight excluding hydrogens is 619 g/mol. The molecule has 246 valence electrons. The smallest absolute Gasteiger partial charge is 0.492 e. The number of pyridine rings is 1. The number of carbonyl (C=O) groups excluding carboxylic acids is 1. The maximum Gasteiger partial charge on any atom is 0.573 e. The second-order valence-electron chi connectivity index (χ2n) is 10.9. The SMILES string of the molecule is COc1c(N2CC(C)C(O)C(C)C2)c(F)cc2c(=O)c(OC(=O)NCc3ccc(OC(F)(F)F)cc3C)cn(CC(F)(F)F)c12. The lowest BCUT2D eigenvalue weighted by Gasteiger charge is -2.40. The van der Waals surface area contributed by atoms with Crippen LogP contribution in [0.25, 0.3) is 10.9 Å². The molecule has 1 aromatic heterocycles. The molecule has 4 rings (SSSR count). The summed E-state index contributed by atoms with van der Waals surface area (Å²) in [6.07, 6.45) is -11.0. The number of aromatic nitrogens is 1. The standard InChI is InChI=1S/C29H30F7N3O6/c1-14-7-18(45-29(34,35)36)6-5-17(14)9-37-27(42)44-21-12-39(13-28(31,32)33)22-19(25(21)41)8-20(30)23(26(22)43-4)38-10-15(2)24(40)16(3)11-38/h5-8,12,15-16,24,40H,9-11,13H2,1-4H3,(H,37,42). The van der Waals surface area contributed by atoms with E-state index >= 15 is 4.39 Å². The van der Waals surface area contributed by atoms with Crippen molar-refractivity contribution in [2.45, 2.75) is 52.5 Å². The Morgan fingerprint density at radius 1 is 1.09 bits per heavy atom. The van der Waals surface area contributed by atoms with Gasteiger partial charge in [0.1, 0.15) is 18.0 Å². The Kier molecular flexibility index (Phi) is 9.47. The molecule has 0 aliphatic carbocycles. The molecule has 16 heteroatoms. The van der Waals surface area contributed by atoms with Crippen molar-refractivity contribution in [2.24, 2.45) is 11.8 Å². The van der Waals surface area contributed by atoms with E-state index in [4.69, 9.17) is 9.47 Å². The van der Waals surface area contributed by atoms with Crippen LogP contribution in [0.1, 0.15) is 25.0 Å². The molecule has 1 aliphatic heterocycles. The van der Waals surface area contributed by atoms with Crippen molar-refractivity contribution in [3.05, 3.63) is 57.6 Å². The summed E-state index contributed by atoms with van der Waals surface area (Å²) in [5, 5.41) is 12.1. The highest BCUT2D eigenvalue weighted by Crippen LogP contribution is 2.41. The van der Waals surface area contributed by atoms with Gasteiger partial charge in [-0.2, -0.15) is 13.2 Å². The van der Waals surface area contributed by atoms with Gasteiger partial charge in [-0.1, -0.05) is 19.9 Å². The Bertz CT molecular complexity index is 1630. The molecule has 0 radical (unpaired) electrons. The highest BCUT2D eigenvalue weighted by molar-refractivity contribution is 5.92. The summed E-state index contributed by atoms with van der Waals surface area (Å²) in [6, 6.07) is 4.10. The van der Waals surface area contributed by atoms with E-state index < -0.39 is 59.4 Å². The molecule has 0 saturated carbocycles. The number of nitrogens with one attached hydrogen (secondary N) is 1. The van der Waals surface area contributed by atoms with Gasteiger partial charge < -0.3 is 34.1 Å². The van der Waals surface area contributed by atoms with Crippen LogP contribution in [-0.2, 0) is 13.1 Å². The third-order valence-electron chi connectivity index (χ3n) is 7.44. The number of aliphatic hydroxyl groups is 1. The van der Waals surface area contributed by atoms with Gasteiger partial charge in [0.25, 0.3) is 0 Å². The Hall–Kier alpha value is -4.21. The lowest BCUT2D eigenvalue weighted by atomic mass is 9.88. The van der Waals surface area contributed by atoms with Crippen molar-refractivity contribution in [3.8, 4) is 17.2 Å². The Morgan fingerprint density at radius 2 is 1.73 bits per heavy atom. The minimum Gasteiger partial charge on any atom is -0.492 e. The molecule has 1 saturated heterocycles. The topological polar surface area (TPSA) is 102 Å². The highest BCUT2D eigenvalue weighted by atomic mass is 19.4. The number of piperidine rings is 1. The largest absolute Gasteiger partial charge is 0.573 e. The van der Waals surface area contributed by atoms with Gasteiger partial charge in [-0.15, -0.1) is 13.2 Å². The molecule has 9 nitrogen and oxygen atoms in total. The molecule has 1 aliphatic rings. The van der Waals surface area contributed by atoms with Gasteiger partial charge >= 0.3 is 18.6 Å². The number of fused-ring (bicyclic) bond motifs is 1. The second-order valence-corrected chi connectivity index (χ2v) is 10.9. The van der Waals surface area contributed by atoms with Crippen molar-refractivity contribution in [1.29, 1.82) is 0 Å². The molecular formula is C29H30F7N3O6. The summed E-state index contributed by atoms with van der Waals surface area (Å²) < 4.78 is 109. The zero-order valence-corrected chi connectivity index (χ0v) is 24.5. The van der Waals surface area contributed by atoms with Crippen molar-refractivity contribution in [2.75, 3.05) is 25.1 Å². The van der Waals surface area contributed by atoms with E-state index in [1.165, 1.54) is 13.0 Å². The van der Waals surface area contributed by atoms with Crippen LogP contribution < -0.4 is 29.9 Å². The number of benzene rings is 2.